The minimum atomic E-state index is -0.554. The number of imide groups is 1. The summed E-state index contributed by atoms with van der Waals surface area (Å²) in [5.41, 5.74) is 0.116. The van der Waals surface area contributed by atoms with Crippen LogP contribution in [0.1, 0.15) is 11.3 Å². The Kier molecular flexibility index (Phi) is 4.04. The summed E-state index contributed by atoms with van der Waals surface area (Å²) < 4.78 is 18.9. The summed E-state index contributed by atoms with van der Waals surface area (Å²) in [4.78, 5) is 25.5. The van der Waals surface area contributed by atoms with Crippen molar-refractivity contribution in [3.8, 4) is 0 Å². The monoisotopic (exact) mass is 337 g/mol. The topological polar surface area (TPSA) is 50.5 Å². The Morgan fingerprint density at radius 3 is 2.77 bits per heavy atom. The molecule has 2 heterocycles. The van der Waals surface area contributed by atoms with Crippen LogP contribution in [0.5, 0.6) is 0 Å². The second-order valence-electron chi connectivity index (χ2n) is 4.48. The Morgan fingerprint density at radius 2 is 2.09 bits per heavy atom. The summed E-state index contributed by atoms with van der Waals surface area (Å²) in [5, 5.41) is -0.295. The Labute approximate surface area is 134 Å². The maximum atomic E-state index is 13.8. The fourth-order valence-electron chi connectivity index (χ4n) is 1.98. The minimum Gasteiger partial charge on any atom is -0.465 e. The molecule has 4 nitrogen and oxygen atoms in total. The summed E-state index contributed by atoms with van der Waals surface area (Å²) in [5.74, 6) is -0.582. The lowest BCUT2D eigenvalue weighted by molar-refractivity contribution is -0.123. The average molecular weight is 338 g/mol. The van der Waals surface area contributed by atoms with E-state index < -0.39 is 17.0 Å². The zero-order valence-corrected chi connectivity index (χ0v) is 12.7. The summed E-state index contributed by atoms with van der Waals surface area (Å²) >= 11 is 6.71. The van der Waals surface area contributed by atoms with Crippen molar-refractivity contribution in [2.75, 3.05) is 0 Å². The van der Waals surface area contributed by atoms with E-state index in [1.807, 2.05) is 0 Å². The molecule has 0 atom stereocenters. The third kappa shape index (κ3) is 2.80. The van der Waals surface area contributed by atoms with E-state index in [0.717, 1.165) is 16.7 Å². The maximum Gasteiger partial charge on any atom is 0.293 e. The normalized spacial score (nSPS) is 16.8. The van der Waals surface area contributed by atoms with Gasteiger partial charge in [0.1, 0.15) is 11.6 Å². The van der Waals surface area contributed by atoms with Crippen molar-refractivity contribution in [1.82, 2.24) is 4.90 Å². The first-order chi connectivity index (χ1) is 10.6. The number of hydrogen-bond donors (Lipinski definition) is 0. The van der Waals surface area contributed by atoms with Crippen LogP contribution in [0.15, 0.2) is 45.9 Å². The Hall–Kier alpha value is -2.05. The van der Waals surface area contributed by atoms with Crippen molar-refractivity contribution in [2.45, 2.75) is 6.54 Å². The second-order valence-corrected chi connectivity index (χ2v) is 5.88. The molecule has 0 radical (unpaired) electrons. The zero-order valence-electron chi connectivity index (χ0n) is 11.1. The van der Waals surface area contributed by atoms with Gasteiger partial charge in [0.05, 0.1) is 17.7 Å². The largest absolute Gasteiger partial charge is 0.465 e. The Bertz CT molecular complexity index is 753. The standard InChI is InChI=1S/C15H9ClFNO3S/c16-11-4-1-5-12(17)10(11)8-18-14(19)13(22-15(18)20)7-9-3-2-6-21-9/h1-7H,8H2/b13-7-. The van der Waals surface area contributed by atoms with Gasteiger partial charge in [0.2, 0.25) is 0 Å². The molecule has 22 heavy (non-hydrogen) atoms. The number of rotatable bonds is 3. The zero-order chi connectivity index (χ0) is 15.7. The molecule has 7 heteroatoms. The molecule has 0 unspecified atom stereocenters. The van der Waals surface area contributed by atoms with E-state index in [1.54, 1.807) is 12.1 Å². The minimum absolute atomic E-state index is 0.116. The van der Waals surface area contributed by atoms with Gasteiger partial charge in [-0.3, -0.25) is 14.5 Å². The van der Waals surface area contributed by atoms with Crippen LogP contribution in [-0.4, -0.2) is 16.0 Å². The molecule has 1 aromatic carbocycles. The number of nitrogens with zero attached hydrogens (tertiary/aromatic N) is 1. The molecule has 1 fully saturated rings. The van der Waals surface area contributed by atoms with Crippen molar-refractivity contribution in [3.63, 3.8) is 0 Å². The Morgan fingerprint density at radius 1 is 1.27 bits per heavy atom. The van der Waals surface area contributed by atoms with E-state index in [4.69, 9.17) is 16.0 Å². The molecule has 1 aliphatic rings. The van der Waals surface area contributed by atoms with Gasteiger partial charge < -0.3 is 4.42 Å². The molecule has 1 aliphatic heterocycles. The van der Waals surface area contributed by atoms with Crippen LogP contribution in [0.3, 0.4) is 0 Å². The van der Waals surface area contributed by atoms with Crippen molar-refractivity contribution >= 4 is 40.6 Å². The lowest BCUT2D eigenvalue weighted by Gasteiger charge is -2.14. The molecule has 2 aromatic rings. The first kappa shape index (κ1) is 14.9. The number of furan rings is 1. The first-order valence-corrected chi connectivity index (χ1v) is 7.47. The fourth-order valence-corrected chi connectivity index (χ4v) is 3.02. The number of thioether (sulfide) groups is 1. The quantitative estimate of drug-likeness (QED) is 0.783. The van der Waals surface area contributed by atoms with Crippen molar-refractivity contribution < 1.29 is 18.4 Å². The molecule has 0 bridgehead atoms. The predicted molar refractivity (Wildman–Crippen MR) is 81.6 cm³/mol. The van der Waals surface area contributed by atoms with Gasteiger partial charge in [-0.05, 0) is 36.0 Å². The van der Waals surface area contributed by atoms with Gasteiger partial charge in [-0.1, -0.05) is 17.7 Å². The van der Waals surface area contributed by atoms with Crippen LogP contribution in [0, 0.1) is 5.82 Å². The van der Waals surface area contributed by atoms with E-state index in [1.165, 1.54) is 30.5 Å². The molecular formula is C15H9ClFNO3S. The number of carbonyl (C=O) groups is 2. The van der Waals surface area contributed by atoms with E-state index in [0.29, 0.717) is 5.76 Å². The number of carbonyl (C=O) groups excluding carboxylic acids is 2. The van der Waals surface area contributed by atoms with Crippen molar-refractivity contribution in [2.24, 2.45) is 0 Å². The van der Waals surface area contributed by atoms with E-state index >= 15 is 0 Å². The number of hydrogen-bond acceptors (Lipinski definition) is 4. The lowest BCUT2D eigenvalue weighted by atomic mass is 10.2. The molecule has 1 aromatic heterocycles. The van der Waals surface area contributed by atoms with Crippen LogP contribution in [0.2, 0.25) is 5.02 Å². The van der Waals surface area contributed by atoms with Gasteiger partial charge in [0.25, 0.3) is 11.1 Å². The molecule has 2 amide bonds. The highest BCUT2D eigenvalue weighted by Gasteiger charge is 2.36. The van der Waals surface area contributed by atoms with E-state index in [2.05, 4.69) is 0 Å². The fraction of sp³-hybridized carbons (Fsp3) is 0.0667. The highest BCUT2D eigenvalue weighted by atomic mass is 35.5. The maximum absolute atomic E-state index is 13.8. The molecular weight excluding hydrogens is 329 g/mol. The van der Waals surface area contributed by atoms with Crippen LogP contribution in [0.4, 0.5) is 9.18 Å². The molecule has 1 saturated heterocycles. The van der Waals surface area contributed by atoms with Gasteiger partial charge in [0.15, 0.2) is 0 Å². The van der Waals surface area contributed by atoms with Crippen molar-refractivity contribution in [3.05, 3.63) is 63.7 Å². The molecule has 3 rings (SSSR count). The SMILES string of the molecule is O=C1S/C(=C\c2ccco2)C(=O)N1Cc1c(F)cccc1Cl. The highest BCUT2D eigenvalue weighted by Crippen LogP contribution is 2.34. The average Bonchev–Trinajstić information content (AvgIpc) is 3.06. The lowest BCUT2D eigenvalue weighted by Crippen LogP contribution is -2.28. The Balaban J connectivity index is 1.86. The third-order valence-corrected chi connectivity index (χ3v) is 4.33. The molecule has 0 aliphatic carbocycles. The van der Waals surface area contributed by atoms with Gasteiger partial charge in [-0.15, -0.1) is 0 Å². The summed E-state index contributed by atoms with van der Waals surface area (Å²) in [6, 6.07) is 7.55. The second kappa shape index (κ2) is 5.98. The van der Waals surface area contributed by atoms with E-state index in [9.17, 15) is 14.0 Å². The summed E-state index contributed by atoms with van der Waals surface area (Å²) in [6.45, 7) is -0.203. The first-order valence-electron chi connectivity index (χ1n) is 6.28. The highest BCUT2D eigenvalue weighted by molar-refractivity contribution is 8.18. The molecule has 0 N–H and O–H groups in total. The van der Waals surface area contributed by atoms with Gasteiger partial charge in [-0.2, -0.15) is 0 Å². The molecule has 0 saturated carbocycles. The van der Waals surface area contributed by atoms with Crippen LogP contribution < -0.4 is 0 Å². The van der Waals surface area contributed by atoms with Crippen LogP contribution in [-0.2, 0) is 11.3 Å². The number of halogens is 2. The third-order valence-electron chi connectivity index (χ3n) is 3.07. The van der Waals surface area contributed by atoms with Gasteiger partial charge in [-0.25, -0.2) is 4.39 Å². The smallest absolute Gasteiger partial charge is 0.293 e. The van der Waals surface area contributed by atoms with Crippen LogP contribution in [0.25, 0.3) is 6.08 Å². The van der Waals surface area contributed by atoms with Gasteiger partial charge >= 0.3 is 0 Å². The molecule has 0 spiro atoms. The molecule has 112 valence electrons. The number of amides is 2. The summed E-state index contributed by atoms with van der Waals surface area (Å²) in [6.07, 6.45) is 2.95. The predicted octanol–water partition coefficient (Wildman–Crippen LogP) is 4.31. The van der Waals surface area contributed by atoms with Crippen molar-refractivity contribution in [1.29, 1.82) is 0 Å². The number of benzene rings is 1. The van der Waals surface area contributed by atoms with E-state index in [-0.39, 0.29) is 22.0 Å². The van der Waals surface area contributed by atoms with Gasteiger partial charge in [0, 0.05) is 16.7 Å². The summed E-state index contributed by atoms with van der Waals surface area (Å²) in [7, 11) is 0. The van der Waals surface area contributed by atoms with Crippen LogP contribution >= 0.6 is 23.4 Å².